The van der Waals surface area contributed by atoms with Gasteiger partial charge in [0.2, 0.25) is 0 Å². The number of rotatable bonds is 9. The minimum atomic E-state index is -0.124. The first kappa shape index (κ1) is 23.7. The van der Waals surface area contributed by atoms with E-state index in [1.165, 1.54) is 5.56 Å². The summed E-state index contributed by atoms with van der Waals surface area (Å²) in [6, 6.07) is 17.3. The number of nitrogens with zero attached hydrogens (tertiary/aromatic N) is 3. The Morgan fingerprint density at radius 2 is 1.83 bits per heavy atom. The molecule has 0 radical (unpaired) electrons. The maximum atomic E-state index is 13.6. The molecule has 0 N–H and O–H groups in total. The van der Waals surface area contributed by atoms with Crippen LogP contribution in [0.4, 0.5) is 0 Å². The van der Waals surface area contributed by atoms with Crippen LogP contribution in [0.2, 0.25) is 0 Å². The number of methoxy groups -OCH3 is 2. The van der Waals surface area contributed by atoms with E-state index in [0.29, 0.717) is 36.6 Å². The van der Waals surface area contributed by atoms with Crippen LogP contribution in [0.25, 0.3) is 16.2 Å². The molecule has 1 amide bonds. The van der Waals surface area contributed by atoms with E-state index in [1.54, 1.807) is 54.9 Å². The lowest BCUT2D eigenvalue weighted by molar-refractivity contribution is 0.0732. The molecule has 5 rings (SSSR count). The monoisotopic (exact) mass is 501 g/mol. The summed E-state index contributed by atoms with van der Waals surface area (Å²) in [5.41, 5.74) is 4.84. The number of hydrogen-bond donors (Lipinski definition) is 0. The minimum Gasteiger partial charge on any atom is -0.497 e. The molecule has 2 aromatic carbocycles. The lowest BCUT2D eigenvalue weighted by atomic mass is 10.1. The minimum absolute atomic E-state index is 0.124. The molecule has 0 bridgehead atoms. The van der Waals surface area contributed by atoms with Gasteiger partial charge < -0.3 is 18.8 Å². The molecule has 184 valence electrons. The van der Waals surface area contributed by atoms with Gasteiger partial charge in [0.1, 0.15) is 17.3 Å². The molecule has 0 aliphatic carbocycles. The number of furan rings is 1. The molecule has 8 heteroatoms. The first-order valence-corrected chi connectivity index (χ1v) is 12.5. The summed E-state index contributed by atoms with van der Waals surface area (Å²) in [6.07, 6.45) is 4.35. The van der Waals surface area contributed by atoms with Crippen LogP contribution in [-0.2, 0) is 13.0 Å². The zero-order valence-electron chi connectivity index (χ0n) is 20.4. The molecule has 5 aromatic rings. The Balaban J connectivity index is 1.40. The van der Waals surface area contributed by atoms with Gasteiger partial charge in [0.15, 0.2) is 4.96 Å². The van der Waals surface area contributed by atoms with E-state index < -0.39 is 0 Å². The number of benzene rings is 2. The Bertz CT molecular complexity index is 1450. The van der Waals surface area contributed by atoms with Gasteiger partial charge in [-0.3, -0.25) is 9.20 Å². The molecule has 0 fully saturated rings. The number of hydrogen-bond acceptors (Lipinski definition) is 6. The second kappa shape index (κ2) is 10.3. The van der Waals surface area contributed by atoms with Crippen LogP contribution in [0.1, 0.15) is 27.4 Å². The highest BCUT2D eigenvalue weighted by atomic mass is 32.1. The van der Waals surface area contributed by atoms with Crippen molar-refractivity contribution in [1.82, 2.24) is 14.3 Å². The molecule has 3 aromatic heterocycles. The van der Waals surface area contributed by atoms with Crippen LogP contribution in [0.15, 0.2) is 76.9 Å². The van der Waals surface area contributed by atoms with Crippen molar-refractivity contribution >= 4 is 22.2 Å². The lowest BCUT2D eigenvalue weighted by Crippen LogP contribution is -2.32. The van der Waals surface area contributed by atoms with E-state index in [2.05, 4.69) is 47.2 Å². The summed E-state index contributed by atoms with van der Waals surface area (Å²) in [6.45, 7) is 2.94. The van der Waals surface area contributed by atoms with Gasteiger partial charge in [-0.25, -0.2) is 4.98 Å². The van der Waals surface area contributed by atoms with E-state index in [0.717, 1.165) is 27.7 Å². The van der Waals surface area contributed by atoms with Crippen molar-refractivity contribution in [2.24, 2.45) is 0 Å². The van der Waals surface area contributed by atoms with E-state index in [1.807, 2.05) is 12.1 Å². The summed E-state index contributed by atoms with van der Waals surface area (Å²) in [4.78, 5) is 21.1. The SMILES string of the molecule is COc1cc(OC)cc(C(=O)N(CCc2csc3nc(-c4ccc(C)cc4)cn23)Cc2ccco2)c1. The fraction of sp³-hybridized carbons (Fsp3) is 0.214. The Hall–Kier alpha value is -4.04. The number of aromatic nitrogens is 2. The number of ether oxygens (including phenoxy) is 2. The smallest absolute Gasteiger partial charge is 0.254 e. The number of fused-ring (bicyclic) bond motifs is 1. The summed E-state index contributed by atoms with van der Waals surface area (Å²) in [5.74, 6) is 1.73. The Labute approximate surface area is 213 Å². The molecule has 7 nitrogen and oxygen atoms in total. The summed E-state index contributed by atoms with van der Waals surface area (Å²) in [5, 5.41) is 2.10. The third-order valence-corrected chi connectivity index (χ3v) is 6.97. The highest BCUT2D eigenvalue weighted by Crippen LogP contribution is 2.26. The van der Waals surface area contributed by atoms with Crippen LogP contribution in [0.5, 0.6) is 11.5 Å². The van der Waals surface area contributed by atoms with Crippen LogP contribution >= 0.6 is 11.3 Å². The molecular formula is C28H27N3O4S. The second-order valence-electron chi connectivity index (χ2n) is 8.53. The number of amides is 1. The van der Waals surface area contributed by atoms with Gasteiger partial charge in [-0.05, 0) is 31.2 Å². The van der Waals surface area contributed by atoms with E-state index in [4.69, 9.17) is 18.9 Å². The molecule has 0 aliphatic heterocycles. The number of carbonyl (C=O) groups is 1. The van der Waals surface area contributed by atoms with Gasteiger partial charge in [0.05, 0.1) is 32.7 Å². The lowest BCUT2D eigenvalue weighted by Gasteiger charge is -2.22. The Morgan fingerprint density at radius 3 is 2.50 bits per heavy atom. The number of imidazole rings is 1. The number of thiazole rings is 1. The molecular weight excluding hydrogens is 474 g/mol. The highest BCUT2D eigenvalue weighted by Gasteiger charge is 2.20. The predicted octanol–water partition coefficient (Wildman–Crippen LogP) is 5.87. The Kier molecular flexibility index (Phi) is 6.77. The largest absolute Gasteiger partial charge is 0.497 e. The van der Waals surface area contributed by atoms with Crippen molar-refractivity contribution < 1.29 is 18.7 Å². The summed E-state index contributed by atoms with van der Waals surface area (Å²) in [7, 11) is 3.14. The summed E-state index contributed by atoms with van der Waals surface area (Å²) < 4.78 is 18.4. The quantitative estimate of drug-likeness (QED) is 0.253. The normalized spacial score (nSPS) is 11.1. The molecule has 0 saturated heterocycles. The van der Waals surface area contributed by atoms with Crippen molar-refractivity contribution in [3.8, 4) is 22.8 Å². The third kappa shape index (κ3) is 4.99. The maximum Gasteiger partial charge on any atom is 0.254 e. The van der Waals surface area contributed by atoms with Crippen molar-refractivity contribution in [2.45, 2.75) is 19.9 Å². The second-order valence-corrected chi connectivity index (χ2v) is 9.37. The van der Waals surface area contributed by atoms with E-state index >= 15 is 0 Å². The fourth-order valence-corrected chi connectivity index (χ4v) is 4.99. The van der Waals surface area contributed by atoms with Crippen molar-refractivity contribution in [3.63, 3.8) is 0 Å². The fourth-order valence-electron chi connectivity index (χ4n) is 4.08. The average Bonchev–Trinajstić information content (AvgIpc) is 3.65. The van der Waals surface area contributed by atoms with Crippen molar-refractivity contribution in [3.05, 3.63) is 95.0 Å². The van der Waals surface area contributed by atoms with Gasteiger partial charge in [-0.2, -0.15) is 0 Å². The van der Waals surface area contributed by atoms with Crippen LogP contribution in [0.3, 0.4) is 0 Å². The highest BCUT2D eigenvalue weighted by molar-refractivity contribution is 7.15. The first-order chi connectivity index (χ1) is 17.5. The molecule has 0 saturated carbocycles. The van der Waals surface area contributed by atoms with Crippen LogP contribution in [0, 0.1) is 6.92 Å². The predicted molar refractivity (Wildman–Crippen MR) is 140 cm³/mol. The van der Waals surface area contributed by atoms with Gasteiger partial charge in [0, 0.05) is 47.4 Å². The van der Waals surface area contributed by atoms with Gasteiger partial charge in [-0.15, -0.1) is 11.3 Å². The van der Waals surface area contributed by atoms with Crippen LogP contribution in [-0.4, -0.2) is 41.0 Å². The number of aryl methyl sites for hydroxylation is 1. The molecule has 0 atom stereocenters. The summed E-state index contributed by atoms with van der Waals surface area (Å²) >= 11 is 1.60. The van der Waals surface area contributed by atoms with Gasteiger partial charge >= 0.3 is 0 Å². The standard InChI is InChI=1S/C28H27N3O4S/c1-19-6-8-20(9-7-19)26-17-31-22(18-36-28(31)29-26)10-11-30(16-23-5-4-12-35-23)27(32)21-13-24(33-2)15-25(14-21)34-3/h4-9,12-15,17-18H,10-11,16H2,1-3H3. The zero-order chi connectivity index (χ0) is 25.1. The van der Waals surface area contributed by atoms with Crippen LogP contribution < -0.4 is 9.47 Å². The molecule has 3 heterocycles. The van der Waals surface area contributed by atoms with Gasteiger partial charge in [-0.1, -0.05) is 29.8 Å². The molecule has 36 heavy (non-hydrogen) atoms. The van der Waals surface area contributed by atoms with E-state index in [9.17, 15) is 4.79 Å². The number of carbonyl (C=O) groups excluding carboxylic acids is 1. The van der Waals surface area contributed by atoms with Crippen molar-refractivity contribution in [2.75, 3.05) is 20.8 Å². The average molecular weight is 502 g/mol. The first-order valence-electron chi connectivity index (χ1n) is 11.6. The molecule has 0 unspecified atom stereocenters. The Morgan fingerprint density at radius 1 is 1.08 bits per heavy atom. The maximum absolute atomic E-state index is 13.6. The topological polar surface area (TPSA) is 69.2 Å². The zero-order valence-corrected chi connectivity index (χ0v) is 21.2. The van der Waals surface area contributed by atoms with E-state index in [-0.39, 0.29) is 5.91 Å². The van der Waals surface area contributed by atoms with Crippen molar-refractivity contribution in [1.29, 1.82) is 0 Å². The molecule has 0 spiro atoms. The molecule has 0 aliphatic rings. The van der Waals surface area contributed by atoms with Gasteiger partial charge in [0.25, 0.3) is 5.91 Å². The third-order valence-electron chi connectivity index (χ3n) is 6.08.